The van der Waals surface area contributed by atoms with Crippen molar-refractivity contribution in [3.8, 4) is 0 Å². The molecule has 14 heteroatoms. The highest BCUT2D eigenvalue weighted by molar-refractivity contribution is 8.12. The molecule has 6 amide bonds. The fraction of sp³-hybridized carbons (Fsp3) is 0.391. The van der Waals surface area contributed by atoms with Gasteiger partial charge in [0.05, 0.1) is 6.54 Å². The Balaban J connectivity index is 1.71. The Morgan fingerprint density at radius 3 is 2.92 bits per heavy atom. The van der Waals surface area contributed by atoms with E-state index in [-0.39, 0.29) is 25.7 Å². The predicted octanol–water partition coefficient (Wildman–Crippen LogP) is 1.94. The highest BCUT2D eigenvalue weighted by Crippen LogP contribution is 2.19. The summed E-state index contributed by atoms with van der Waals surface area (Å²) in [7, 11) is 1.48. The van der Waals surface area contributed by atoms with Crippen LogP contribution in [0.3, 0.4) is 0 Å². The van der Waals surface area contributed by atoms with E-state index in [1.807, 2.05) is 18.2 Å². The van der Waals surface area contributed by atoms with Crippen molar-refractivity contribution in [2.45, 2.75) is 18.8 Å². The largest absolute Gasteiger partial charge is 0.433 e. The number of hydrogen-bond acceptors (Lipinski definition) is 8. The molecule has 3 rings (SSSR count). The Labute approximate surface area is 225 Å². The predicted molar refractivity (Wildman–Crippen MR) is 145 cm³/mol. The number of nitrogens with one attached hydrogen (secondary N) is 5. The molecule has 12 nitrogen and oxygen atoms in total. The maximum absolute atomic E-state index is 13.4. The first-order valence-corrected chi connectivity index (χ1v) is 12.9. The van der Waals surface area contributed by atoms with Gasteiger partial charge in [-0.1, -0.05) is 37.0 Å². The summed E-state index contributed by atoms with van der Waals surface area (Å²) < 4.78 is 8.72. The monoisotopic (exact) mass is 550 g/mol. The number of allylic oxidation sites excluding steroid dienone is 4. The molecule has 2 unspecified atom stereocenters. The normalized spacial score (nSPS) is 22.1. The minimum atomic E-state index is -0.787. The molecule has 0 bridgehead atoms. The van der Waals surface area contributed by atoms with Gasteiger partial charge in [-0.25, -0.2) is 29.0 Å². The highest BCUT2D eigenvalue weighted by atomic mass is 35.5. The lowest BCUT2D eigenvalue weighted by molar-refractivity contribution is 0.0922. The number of hydrogen-bond donors (Lipinski definition) is 5. The number of amides is 6. The van der Waals surface area contributed by atoms with E-state index in [0.717, 1.165) is 10.5 Å². The average Bonchev–Trinajstić information content (AvgIpc) is 3.40. The smallest absolute Gasteiger partial charge is 0.331 e. The summed E-state index contributed by atoms with van der Waals surface area (Å²) in [6, 6.07) is -1.64. The third-order valence-electron chi connectivity index (χ3n) is 5.32. The lowest BCUT2D eigenvalue weighted by Gasteiger charge is -2.42. The summed E-state index contributed by atoms with van der Waals surface area (Å²) in [5.74, 6) is 0.980. The van der Waals surface area contributed by atoms with Crippen molar-refractivity contribution in [3.05, 3.63) is 60.4 Å². The number of halogens is 1. The fourth-order valence-corrected chi connectivity index (χ4v) is 4.18. The summed E-state index contributed by atoms with van der Waals surface area (Å²) in [6.45, 7) is 4.53. The summed E-state index contributed by atoms with van der Waals surface area (Å²) in [6.07, 6.45) is 12.4. The van der Waals surface area contributed by atoms with Gasteiger partial charge in [0.2, 0.25) is 0 Å². The summed E-state index contributed by atoms with van der Waals surface area (Å²) >= 11 is 7.13. The molecule has 200 valence electrons. The number of carbonyl (C=O) groups is 3. The Morgan fingerprint density at radius 2 is 2.27 bits per heavy atom. The summed E-state index contributed by atoms with van der Waals surface area (Å²) in [5.41, 5.74) is 0.772. The molecule has 0 aromatic carbocycles. The molecule has 0 saturated carbocycles. The maximum Gasteiger partial charge on any atom is 0.331 e. The first-order valence-electron chi connectivity index (χ1n) is 11.6. The molecule has 3 aliphatic rings. The van der Waals surface area contributed by atoms with Crippen LogP contribution < -0.4 is 26.0 Å². The van der Waals surface area contributed by atoms with Gasteiger partial charge in [0.15, 0.2) is 6.29 Å². The number of aliphatic imine (C=N–C) groups is 1. The quantitative estimate of drug-likeness (QED) is 0.150. The van der Waals surface area contributed by atoms with Crippen LogP contribution in [0.2, 0.25) is 0 Å². The Morgan fingerprint density at radius 1 is 1.43 bits per heavy atom. The van der Waals surface area contributed by atoms with Crippen molar-refractivity contribution in [2.24, 2.45) is 4.99 Å². The third-order valence-corrected chi connectivity index (χ3v) is 6.16. The number of imide groups is 1. The number of rotatable bonds is 11. The van der Waals surface area contributed by atoms with Crippen molar-refractivity contribution in [1.82, 2.24) is 35.8 Å². The average molecular weight is 551 g/mol. The van der Waals surface area contributed by atoms with Crippen LogP contribution in [0.15, 0.2) is 65.4 Å². The van der Waals surface area contributed by atoms with E-state index >= 15 is 0 Å². The van der Waals surface area contributed by atoms with E-state index in [4.69, 9.17) is 16.3 Å². The van der Waals surface area contributed by atoms with Crippen molar-refractivity contribution in [3.63, 3.8) is 0 Å². The van der Waals surface area contributed by atoms with E-state index in [1.54, 1.807) is 24.3 Å². The summed E-state index contributed by atoms with van der Waals surface area (Å²) in [4.78, 5) is 44.5. The molecule has 1 fully saturated rings. The molecule has 2 aliphatic heterocycles. The summed E-state index contributed by atoms with van der Waals surface area (Å²) in [5, 5.41) is 11.7. The fourth-order valence-electron chi connectivity index (χ4n) is 3.57. The minimum absolute atomic E-state index is 0.00283. The Kier molecular flexibility index (Phi) is 11.1. The Hall–Kier alpha value is -3.26. The first-order chi connectivity index (χ1) is 17.9. The standard InChI is InChI=1S/C23H31ClN8O4S/c1-3-5-16(6-4-11-24)14-32-19(30-21(34)31(23(32)35)13-12-26-20(33)25-2)29-17-7-9-18(10-8-17)36-22-27-15-28-37-22/h3-7,9-10,17,19,28-29H,1,8,11-15H2,2H3,(H,30,34)(H2,25,26,33)/b6-4-,16-5+. The van der Waals surface area contributed by atoms with E-state index < -0.39 is 24.4 Å². The number of carbonyl (C=O) groups excluding carboxylic acids is 3. The molecule has 1 saturated heterocycles. The highest BCUT2D eigenvalue weighted by Gasteiger charge is 2.39. The van der Waals surface area contributed by atoms with Gasteiger partial charge in [0.25, 0.3) is 5.23 Å². The van der Waals surface area contributed by atoms with Gasteiger partial charge in [-0.05, 0) is 24.1 Å². The van der Waals surface area contributed by atoms with Gasteiger partial charge in [-0.3, -0.25) is 10.2 Å². The van der Waals surface area contributed by atoms with Crippen molar-refractivity contribution < 1.29 is 19.1 Å². The van der Waals surface area contributed by atoms with E-state index in [1.165, 1.54) is 23.9 Å². The van der Waals surface area contributed by atoms with Crippen LogP contribution in [0.4, 0.5) is 14.4 Å². The number of alkyl halides is 1. The third kappa shape index (κ3) is 8.39. The second kappa shape index (κ2) is 14.5. The Bertz CT molecular complexity index is 1030. The molecule has 0 radical (unpaired) electrons. The van der Waals surface area contributed by atoms with Crippen molar-refractivity contribution in [2.75, 3.05) is 39.2 Å². The molecule has 0 spiro atoms. The lowest BCUT2D eigenvalue weighted by atomic mass is 10.1. The zero-order valence-electron chi connectivity index (χ0n) is 20.4. The first kappa shape index (κ1) is 28.3. The molecule has 2 atom stereocenters. The zero-order chi connectivity index (χ0) is 26.6. The lowest BCUT2D eigenvalue weighted by Crippen LogP contribution is -2.70. The van der Waals surface area contributed by atoms with E-state index in [0.29, 0.717) is 30.0 Å². The van der Waals surface area contributed by atoms with Gasteiger partial charge in [0, 0.05) is 44.0 Å². The number of ether oxygens (including phenoxy) is 1. The van der Waals surface area contributed by atoms with Crippen LogP contribution >= 0.6 is 23.5 Å². The van der Waals surface area contributed by atoms with Crippen molar-refractivity contribution >= 4 is 46.9 Å². The molecule has 0 aromatic heterocycles. The molecule has 5 N–H and O–H groups in total. The minimum Gasteiger partial charge on any atom is -0.433 e. The SMILES string of the molecule is C=C/C=C(\C=C/CCl)CN1C(=O)N(CCNC(=O)NC)C(=O)NC1NC1C=CC(OC2=NCNS2)=CC1. The molecule has 37 heavy (non-hydrogen) atoms. The van der Waals surface area contributed by atoms with Gasteiger partial charge >= 0.3 is 18.1 Å². The van der Waals surface area contributed by atoms with E-state index in [9.17, 15) is 14.4 Å². The number of urea groups is 3. The van der Waals surface area contributed by atoms with Gasteiger partial charge < -0.3 is 20.7 Å². The second-order valence-corrected chi connectivity index (χ2v) is 9.01. The van der Waals surface area contributed by atoms with Crippen LogP contribution in [0.5, 0.6) is 0 Å². The van der Waals surface area contributed by atoms with E-state index in [2.05, 4.69) is 37.6 Å². The van der Waals surface area contributed by atoms with Gasteiger partial charge in [-0.15, -0.1) is 11.6 Å². The number of nitrogens with zero attached hydrogens (tertiary/aromatic N) is 3. The van der Waals surface area contributed by atoms with Crippen LogP contribution in [-0.2, 0) is 4.74 Å². The van der Waals surface area contributed by atoms with Gasteiger partial charge in [0.1, 0.15) is 12.4 Å². The van der Waals surface area contributed by atoms with Crippen LogP contribution in [0.25, 0.3) is 0 Å². The zero-order valence-corrected chi connectivity index (χ0v) is 22.0. The van der Waals surface area contributed by atoms with Crippen molar-refractivity contribution in [1.29, 1.82) is 0 Å². The molecule has 2 heterocycles. The topological polar surface area (TPSA) is 139 Å². The second-order valence-electron chi connectivity index (χ2n) is 7.86. The molecule has 1 aliphatic carbocycles. The van der Waals surface area contributed by atoms with Crippen LogP contribution in [-0.4, -0.2) is 84.7 Å². The maximum atomic E-state index is 13.4. The van der Waals surface area contributed by atoms with Crippen LogP contribution in [0, 0.1) is 0 Å². The van der Waals surface area contributed by atoms with Crippen LogP contribution in [0.1, 0.15) is 6.42 Å². The molecular weight excluding hydrogens is 520 g/mol. The van der Waals surface area contributed by atoms with Gasteiger partial charge in [-0.2, -0.15) is 0 Å². The molecular formula is C23H31ClN8O4S. The molecule has 0 aromatic rings.